The minimum Gasteiger partial charge on any atom is -0.504 e. The lowest BCUT2D eigenvalue weighted by atomic mass is 9.96. The number of phenols is 2. The molecule has 14 heteroatoms. The van der Waals surface area contributed by atoms with Crippen LogP contribution in [0.3, 0.4) is 0 Å². The highest BCUT2D eigenvalue weighted by Crippen LogP contribution is 2.29. The summed E-state index contributed by atoms with van der Waals surface area (Å²) in [6.07, 6.45) is -13.6. The summed E-state index contributed by atoms with van der Waals surface area (Å²) in [5, 5.41) is 91.0. The van der Waals surface area contributed by atoms with Crippen LogP contribution in [0.2, 0.25) is 0 Å². The molecule has 10 N–H and O–H groups in total. The SMILES string of the molecule is O=C(C=Cc1ccc(O)c(O)c1)N[C@@H]1O[C@H](CO)[C@@H](O[C@H]2O[C@H](CO)[C@@H](O)[C@H](O)[C@H]2O)[C@H](O)[C@H]1O. The van der Waals surface area contributed by atoms with E-state index < -0.39 is 86.2 Å². The Labute approximate surface area is 198 Å². The fourth-order valence-electron chi connectivity index (χ4n) is 3.71. The zero-order valence-corrected chi connectivity index (χ0v) is 18.2. The largest absolute Gasteiger partial charge is 0.504 e. The fourth-order valence-corrected chi connectivity index (χ4v) is 3.71. The Hall–Kier alpha value is -2.37. The Morgan fingerprint density at radius 3 is 2.20 bits per heavy atom. The van der Waals surface area contributed by atoms with Gasteiger partial charge in [0, 0.05) is 6.08 Å². The van der Waals surface area contributed by atoms with Crippen LogP contribution < -0.4 is 5.32 Å². The number of hydrogen-bond donors (Lipinski definition) is 10. The topological polar surface area (TPSA) is 239 Å². The predicted octanol–water partition coefficient (Wildman–Crippen LogP) is -4.15. The molecule has 0 spiro atoms. The molecule has 0 saturated carbocycles. The van der Waals surface area contributed by atoms with Crippen LogP contribution in [-0.4, -0.2) is 126 Å². The van der Waals surface area contributed by atoms with E-state index in [0.29, 0.717) is 5.56 Å². The van der Waals surface area contributed by atoms with Crippen LogP contribution in [0, 0.1) is 0 Å². The van der Waals surface area contributed by atoms with E-state index in [1.165, 1.54) is 24.3 Å². The monoisotopic (exact) mass is 503 g/mol. The van der Waals surface area contributed by atoms with Gasteiger partial charge in [0.15, 0.2) is 24.0 Å². The van der Waals surface area contributed by atoms with Crippen molar-refractivity contribution >= 4 is 12.0 Å². The highest BCUT2D eigenvalue weighted by atomic mass is 16.7. The van der Waals surface area contributed by atoms with Gasteiger partial charge >= 0.3 is 0 Å². The van der Waals surface area contributed by atoms with Crippen molar-refractivity contribution in [2.75, 3.05) is 13.2 Å². The average Bonchev–Trinajstić information content (AvgIpc) is 2.84. The van der Waals surface area contributed by atoms with Crippen molar-refractivity contribution in [3.8, 4) is 11.5 Å². The highest BCUT2D eigenvalue weighted by Gasteiger charge is 2.50. The van der Waals surface area contributed by atoms with Crippen LogP contribution in [0.15, 0.2) is 24.3 Å². The number of ether oxygens (including phenoxy) is 3. The highest BCUT2D eigenvalue weighted by molar-refractivity contribution is 5.92. The molecule has 2 fully saturated rings. The number of carbonyl (C=O) groups is 1. The standard InChI is InChI=1S/C21H29NO13/c23-6-11-14(28)15(29)18(32)21(34-11)35-19-12(7-24)33-20(17(31)16(19)30)22-13(27)4-2-8-1-3-9(25)10(26)5-8/h1-5,11-12,14-21,23-26,28-32H,6-7H2,(H,22,27)/t11-,12-,14-,15+,16-,17-,18-,19-,20-,21-/m1/s1. The summed E-state index contributed by atoms with van der Waals surface area (Å²) in [5.41, 5.74) is 0.377. The molecular weight excluding hydrogens is 474 g/mol. The molecule has 0 aromatic heterocycles. The number of benzene rings is 1. The number of amides is 1. The number of rotatable bonds is 7. The first kappa shape index (κ1) is 27.2. The van der Waals surface area contributed by atoms with Crippen molar-refractivity contribution in [3.63, 3.8) is 0 Å². The number of aliphatic hydroxyl groups is 7. The summed E-state index contributed by atoms with van der Waals surface area (Å²) >= 11 is 0. The van der Waals surface area contributed by atoms with Gasteiger partial charge in [0.2, 0.25) is 5.91 Å². The van der Waals surface area contributed by atoms with Crippen LogP contribution in [0.4, 0.5) is 0 Å². The van der Waals surface area contributed by atoms with E-state index in [9.17, 15) is 50.8 Å². The Morgan fingerprint density at radius 1 is 0.886 bits per heavy atom. The molecule has 35 heavy (non-hydrogen) atoms. The van der Waals surface area contributed by atoms with Crippen molar-refractivity contribution in [1.82, 2.24) is 5.32 Å². The molecule has 196 valence electrons. The number of aliphatic hydroxyl groups excluding tert-OH is 7. The maximum Gasteiger partial charge on any atom is 0.246 e. The predicted molar refractivity (Wildman–Crippen MR) is 113 cm³/mol. The second kappa shape index (κ2) is 11.6. The third kappa shape index (κ3) is 6.07. The van der Waals surface area contributed by atoms with E-state index in [2.05, 4.69) is 5.32 Å². The van der Waals surface area contributed by atoms with Crippen molar-refractivity contribution in [2.24, 2.45) is 0 Å². The summed E-state index contributed by atoms with van der Waals surface area (Å²) in [4.78, 5) is 12.3. The molecule has 2 saturated heterocycles. The van der Waals surface area contributed by atoms with Gasteiger partial charge < -0.3 is 65.5 Å². The molecule has 14 nitrogen and oxygen atoms in total. The lowest BCUT2D eigenvalue weighted by Crippen LogP contribution is -2.66. The molecule has 1 amide bonds. The van der Waals surface area contributed by atoms with Crippen LogP contribution >= 0.6 is 0 Å². The Bertz CT molecular complexity index is 894. The zero-order chi connectivity index (χ0) is 25.9. The van der Waals surface area contributed by atoms with Gasteiger partial charge in [-0.05, 0) is 23.8 Å². The first-order valence-electron chi connectivity index (χ1n) is 10.7. The summed E-state index contributed by atoms with van der Waals surface area (Å²) in [6.45, 7) is -1.47. The smallest absolute Gasteiger partial charge is 0.246 e. The van der Waals surface area contributed by atoms with E-state index in [1.54, 1.807) is 0 Å². The molecule has 1 aromatic carbocycles. The van der Waals surface area contributed by atoms with Gasteiger partial charge in [0.05, 0.1) is 13.2 Å². The molecule has 0 unspecified atom stereocenters. The van der Waals surface area contributed by atoms with Crippen molar-refractivity contribution in [1.29, 1.82) is 0 Å². The van der Waals surface area contributed by atoms with E-state index >= 15 is 0 Å². The van der Waals surface area contributed by atoms with Gasteiger partial charge in [-0.15, -0.1) is 0 Å². The number of aromatic hydroxyl groups is 2. The number of carbonyl (C=O) groups excluding carboxylic acids is 1. The van der Waals surface area contributed by atoms with Gasteiger partial charge in [-0.3, -0.25) is 4.79 Å². The number of nitrogens with one attached hydrogen (secondary N) is 1. The molecule has 2 heterocycles. The first-order chi connectivity index (χ1) is 16.6. The van der Waals surface area contributed by atoms with E-state index in [1.807, 2.05) is 0 Å². The summed E-state index contributed by atoms with van der Waals surface area (Å²) in [6, 6.07) is 3.85. The van der Waals surface area contributed by atoms with Crippen LogP contribution in [0.25, 0.3) is 6.08 Å². The molecule has 3 rings (SSSR count). The Kier molecular flexibility index (Phi) is 9.00. The van der Waals surface area contributed by atoms with Gasteiger partial charge in [-0.25, -0.2) is 0 Å². The molecular formula is C21H29NO13. The molecule has 0 aliphatic carbocycles. The first-order valence-corrected chi connectivity index (χ1v) is 10.7. The lowest BCUT2D eigenvalue weighted by Gasteiger charge is -2.46. The van der Waals surface area contributed by atoms with Gasteiger partial charge in [-0.2, -0.15) is 0 Å². The lowest BCUT2D eigenvalue weighted by molar-refractivity contribution is -0.343. The molecule has 1 aromatic rings. The van der Waals surface area contributed by atoms with Crippen LogP contribution in [-0.2, 0) is 19.0 Å². The average molecular weight is 503 g/mol. The van der Waals surface area contributed by atoms with Gasteiger partial charge in [0.25, 0.3) is 0 Å². The van der Waals surface area contributed by atoms with Crippen LogP contribution in [0.1, 0.15) is 5.56 Å². The van der Waals surface area contributed by atoms with Crippen molar-refractivity contribution in [2.45, 2.75) is 61.3 Å². The third-order valence-electron chi connectivity index (χ3n) is 5.72. The minimum atomic E-state index is -1.79. The van der Waals surface area contributed by atoms with E-state index in [0.717, 1.165) is 6.08 Å². The quantitative estimate of drug-likeness (QED) is 0.126. The molecule has 2 aliphatic rings. The summed E-state index contributed by atoms with van der Waals surface area (Å²) < 4.78 is 16.1. The van der Waals surface area contributed by atoms with Crippen molar-refractivity contribution in [3.05, 3.63) is 29.8 Å². The van der Waals surface area contributed by atoms with Crippen LogP contribution in [0.5, 0.6) is 11.5 Å². The van der Waals surface area contributed by atoms with E-state index in [-0.39, 0.29) is 5.75 Å². The summed E-state index contributed by atoms with van der Waals surface area (Å²) in [5.74, 6) is -1.49. The van der Waals surface area contributed by atoms with Crippen molar-refractivity contribution < 1.29 is 65.0 Å². The van der Waals surface area contributed by atoms with Gasteiger partial charge in [0.1, 0.15) is 48.8 Å². The fraction of sp³-hybridized carbons (Fsp3) is 0.571. The zero-order valence-electron chi connectivity index (χ0n) is 18.2. The number of phenolic OH excluding ortho intramolecular Hbond substituents is 2. The maximum absolute atomic E-state index is 12.3. The summed E-state index contributed by atoms with van der Waals surface area (Å²) in [7, 11) is 0. The number of hydrogen-bond acceptors (Lipinski definition) is 13. The Morgan fingerprint density at radius 2 is 1.57 bits per heavy atom. The second-order valence-electron chi connectivity index (χ2n) is 8.15. The molecule has 2 aliphatic heterocycles. The van der Waals surface area contributed by atoms with Gasteiger partial charge in [-0.1, -0.05) is 6.07 Å². The minimum absolute atomic E-state index is 0.338. The molecule has 0 radical (unpaired) electrons. The Balaban J connectivity index is 1.65. The maximum atomic E-state index is 12.3. The molecule has 10 atom stereocenters. The third-order valence-corrected chi connectivity index (χ3v) is 5.72. The normalized spacial score (nSPS) is 37.9. The second-order valence-corrected chi connectivity index (χ2v) is 8.15. The van der Waals surface area contributed by atoms with E-state index in [4.69, 9.17) is 14.2 Å². The molecule has 0 bridgehead atoms.